The van der Waals surface area contributed by atoms with E-state index in [0.717, 1.165) is 31.2 Å². The SMILES string of the molecule is CCCCCCCC1(OC(C)CCCCC)C=CC(c2ccc(-c3ccccc3)cc2)C=C1F. The van der Waals surface area contributed by atoms with Crippen LogP contribution in [-0.2, 0) is 4.74 Å². The predicted octanol–water partition coefficient (Wildman–Crippen LogP) is 9.95. The van der Waals surface area contributed by atoms with Crippen LogP contribution in [0.3, 0.4) is 0 Å². The monoisotopic (exact) mass is 462 g/mol. The van der Waals surface area contributed by atoms with Gasteiger partial charge in [0.05, 0.1) is 6.10 Å². The summed E-state index contributed by atoms with van der Waals surface area (Å²) in [5.74, 6) is -0.179. The molecule has 3 unspecified atom stereocenters. The molecule has 2 aromatic rings. The molecular formula is C32H43FO. The molecule has 184 valence electrons. The second-order valence-corrected chi connectivity index (χ2v) is 9.87. The third-order valence-corrected chi connectivity index (χ3v) is 6.98. The molecule has 0 aliphatic heterocycles. The summed E-state index contributed by atoms with van der Waals surface area (Å²) in [4.78, 5) is 0. The van der Waals surface area contributed by atoms with Crippen LogP contribution in [0.15, 0.2) is 78.7 Å². The van der Waals surface area contributed by atoms with Crippen LogP contribution < -0.4 is 0 Å². The second kappa shape index (κ2) is 13.6. The molecule has 34 heavy (non-hydrogen) atoms. The molecule has 1 aliphatic carbocycles. The van der Waals surface area contributed by atoms with Crippen LogP contribution in [0.2, 0.25) is 0 Å². The van der Waals surface area contributed by atoms with Crippen LogP contribution in [0.25, 0.3) is 11.1 Å². The van der Waals surface area contributed by atoms with Gasteiger partial charge in [-0.15, -0.1) is 0 Å². The Labute approximate surface area is 207 Å². The van der Waals surface area contributed by atoms with Gasteiger partial charge in [-0.05, 0) is 55.0 Å². The number of allylic oxidation sites excluding steroid dienone is 2. The summed E-state index contributed by atoms with van der Waals surface area (Å²) in [7, 11) is 0. The summed E-state index contributed by atoms with van der Waals surface area (Å²) in [5.41, 5.74) is 2.58. The number of ether oxygens (including phenoxy) is 1. The van der Waals surface area contributed by atoms with E-state index >= 15 is 4.39 Å². The molecule has 0 bridgehead atoms. The van der Waals surface area contributed by atoms with E-state index in [1.54, 1.807) is 6.08 Å². The third-order valence-electron chi connectivity index (χ3n) is 6.98. The van der Waals surface area contributed by atoms with Crippen molar-refractivity contribution in [2.75, 3.05) is 0 Å². The summed E-state index contributed by atoms with van der Waals surface area (Å²) in [5, 5.41) is 0. The van der Waals surface area contributed by atoms with Crippen LogP contribution in [-0.4, -0.2) is 11.7 Å². The molecule has 1 nitrogen and oxygen atoms in total. The lowest BCUT2D eigenvalue weighted by Crippen LogP contribution is -2.37. The second-order valence-electron chi connectivity index (χ2n) is 9.87. The van der Waals surface area contributed by atoms with E-state index in [4.69, 9.17) is 4.74 Å². The summed E-state index contributed by atoms with van der Waals surface area (Å²) in [6, 6.07) is 18.9. The van der Waals surface area contributed by atoms with Gasteiger partial charge in [-0.25, -0.2) is 4.39 Å². The van der Waals surface area contributed by atoms with Gasteiger partial charge in [0, 0.05) is 5.92 Å². The summed E-state index contributed by atoms with van der Waals surface area (Å²) < 4.78 is 22.3. The van der Waals surface area contributed by atoms with Crippen molar-refractivity contribution >= 4 is 0 Å². The Kier molecular flexibility index (Phi) is 10.6. The highest BCUT2D eigenvalue weighted by molar-refractivity contribution is 5.63. The van der Waals surface area contributed by atoms with Crippen molar-refractivity contribution in [2.24, 2.45) is 0 Å². The van der Waals surface area contributed by atoms with Gasteiger partial charge in [0.1, 0.15) is 11.4 Å². The smallest absolute Gasteiger partial charge is 0.137 e. The molecule has 0 aromatic heterocycles. The van der Waals surface area contributed by atoms with Crippen molar-refractivity contribution < 1.29 is 9.13 Å². The van der Waals surface area contributed by atoms with Gasteiger partial charge in [-0.2, -0.15) is 0 Å². The Balaban J connectivity index is 1.72. The first kappa shape index (κ1) is 26.4. The number of hydrogen-bond donors (Lipinski definition) is 0. The Morgan fingerprint density at radius 2 is 1.47 bits per heavy atom. The Morgan fingerprint density at radius 1 is 0.824 bits per heavy atom. The predicted molar refractivity (Wildman–Crippen MR) is 144 cm³/mol. The zero-order valence-electron chi connectivity index (χ0n) is 21.4. The van der Waals surface area contributed by atoms with E-state index < -0.39 is 5.60 Å². The first-order chi connectivity index (χ1) is 16.6. The van der Waals surface area contributed by atoms with Crippen LogP contribution in [0.5, 0.6) is 0 Å². The molecule has 1 aliphatic rings. The number of halogens is 1. The topological polar surface area (TPSA) is 9.23 Å². The van der Waals surface area contributed by atoms with Gasteiger partial charge in [-0.1, -0.05) is 119 Å². The largest absolute Gasteiger partial charge is 0.361 e. The van der Waals surface area contributed by atoms with Crippen molar-refractivity contribution in [1.82, 2.24) is 0 Å². The Morgan fingerprint density at radius 3 is 2.15 bits per heavy atom. The lowest BCUT2D eigenvalue weighted by molar-refractivity contribution is -0.0551. The zero-order valence-corrected chi connectivity index (χ0v) is 21.4. The minimum absolute atomic E-state index is 0.0488. The maximum atomic E-state index is 15.8. The van der Waals surface area contributed by atoms with E-state index in [-0.39, 0.29) is 17.8 Å². The fourth-order valence-electron chi connectivity index (χ4n) is 4.88. The Hall–Kier alpha value is -2.19. The van der Waals surface area contributed by atoms with E-state index in [1.807, 2.05) is 12.1 Å². The van der Waals surface area contributed by atoms with Gasteiger partial charge in [0.15, 0.2) is 0 Å². The first-order valence-electron chi connectivity index (χ1n) is 13.5. The summed E-state index contributed by atoms with van der Waals surface area (Å²) in [6.45, 7) is 6.54. The average molecular weight is 463 g/mol. The summed E-state index contributed by atoms with van der Waals surface area (Å²) >= 11 is 0. The molecule has 2 aromatic carbocycles. The van der Waals surface area contributed by atoms with Crippen molar-refractivity contribution in [3.8, 4) is 11.1 Å². The maximum Gasteiger partial charge on any atom is 0.137 e. The third kappa shape index (κ3) is 7.40. The lowest BCUT2D eigenvalue weighted by Gasteiger charge is -2.36. The van der Waals surface area contributed by atoms with E-state index in [2.05, 4.69) is 75.4 Å². The normalized spacial score (nSPS) is 20.8. The van der Waals surface area contributed by atoms with Gasteiger partial charge in [0.2, 0.25) is 0 Å². The number of rotatable bonds is 14. The zero-order chi connectivity index (χ0) is 24.2. The van der Waals surface area contributed by atoms with Gasteiger partial charge < -0.3 is 4.74 Å². The van der Waals surface area contributed by atoms with Crippen molar-refractivity contribution in [3.05, 3.63) is 84.2 Å². The molecule has 2 heteroatoms. The van der Waals surface area contributed by atoms with Gasteiger partial charge in [-0.3, -0.25) is 0 Å². The molecule has 0 spiro atoms. The molecule has 0 saturated carbocycles. The molecule has 0 N–H and O–H groups in total. The van der Waals surface area contributed by atoms with Gasteiger partial charge in [0.25, 0.3) is 0 Å². The molecule has 0 saturated heterocycles. The van der Waals surface area contributed by atoms with Crippen LogP contribution in [0.4, 0.5) is 4.39 Å². The molecule has 0 amide bonds. The first-order valence-corrected chi connectivity index (χ1v) is 13.5. The molecule has 0 heterocycles. The van der Waals surface area contributed by atoms with E-state index in [1.165, 1.54) is 43.2 Å². The molecule has 0 radical (unpaired) electrons. The van der Waals surface area contributed by atoms with Crippen molar-refractivity contribution in [1.29, 1.82) is 0 Å². The van der Waals surface area contributed by atoms with Crippen LogP contribution in [0.1, 0.15) is 96.5 Å². The fourth-order valence-corrected chi connectivity index (χ4v) is 4.88. The Bertz CT molecular complexity index is 898. The highest BCUT2D eigenvalue weighted by atomic mass is 19.1. The number of unbranched alkanes of at least 4 members (excludes halogenated alkanes) is 6. The van der Waals surface area contributed by atoms with Crippen LogP contribution in [0, 0.1) is 0 Å². The highest BCUT2D eigenvalue weighted by Crippen LogP contribution is 2.40. The lowest BCUT2D eigenvalue weighted by atomic mass is 9.83. The maximum absolute atomic E-state index is 15.8. The minimum Gasteiger partial charge on any atom is -0.361 e. The van der Waals surface area contributed by atoms with Crippen LogP contribution >= 0.6 is 0 Å². The standard InChI is InChI=1S/C32H43FO/c1-4-6-8-9-14-23-32(34-26(3)15-11-7-5-2)24-22-30(25-31(32)33)29-20-18-28(19-21-29)27-16-12-10-13-17-27/h10,12-13,16-22,24-26,30H,4-9,11,14-15,23H2,1-3H3. The fraction of sp³-hybridized carbons (Fsp3) is 0.500. The van der Waals surface area contributed by atoms with Gasteiger partial charge >= 0.3 is 0 Å². The number of benzene rings is 2. The average Bonchev–Trinajstić information content (AvgIpc) is 2.86. The molecular weight excluding hydrogens is 419 g/mol. The molecule has 3 atom stereocenters. The summed E-state index contributed by atoms with van der Waals surface area (Å²) in [6.07, 6.45) is 17.0. The minimum atomic E-state index is -0.904. The quantitative estimate of drug-likeness (QED) is 0.200. The van der Waals surface area contributed by atoms with E-state index in [0.29, 0.717) is 6.42 Å². The molecule has 3 rings (SSSR count). The van der Waals surface area contributed by atoms with Crippen molar-refractivity contribution in [3.63, 3.8) is 0 Å². The van der Waals surface area contributed by atoms with Crippen molar-refractivity contribution in [2.45, 2.75) is 103 Å². The van der Waals surface area contributed by atoms with E-state index in [9.17, 15) is 0 Å². The molecule has 0 fully saturated rings. The highest BCUT2D eigenvalue weighted by Gasteiger charge is 2.37. The number of hydrogen-bond acceptors (Lipinski definition) is 1.